The fourth-order valence-corrected chi connectivity index (χ4v) is 2.04. The highest BCUT2D eigenvalue weighted by molar-refractivity contribution is 5.31. The molecule has 0 unspecified atom stereocenters. The predicted octanol–water partition coefficient (Wildman–Crippen LogP) is 2.78. The number of rotatable bonds is 7. The summed E-state index contributed by atoms with van der Waals surface area (Å²) in [6.07, 6.45) is 1.01. The van der Waals surface area contributed by atoms with Crippen LogP contribution in [0.25, 0.3) is 0 Å². The number of benzene rings is 1. The molecule has 0 aliphatic heterocycles. The minimum Gasteiger partial charge on any atom is -0.494 e. The van der Waals surface area contributed by atoms with Gasteiger partial charge in [-0.2, -0.15) is 0 Å². The topological polar surface area (TPSA) is 38.5 Å². The third-order valence-corrected chi connectivity index (χ3v) is 3.47. The van der Waals surface area contributed by atoms with Crippen LogP contribution in [0.4, 0.5) is 4.39 Å². The zero-order valence-corrected chi connectivity index (χ0v) is 12.4. The lowest BCUT2D eigenvalue weighted by molar-refractivity contribution is 0.116. The van der Waals surface area contributed by atoms with Crippen LogP contribution in [0.5, 0.6) is 5.75 Å². The summed E-state index contributed by atoms with van der Waals surface area (Å²) in [4.78, 5) is 2.21. The van der Waals surface area contributed by atoms with E-state index in [9.17, 15) is 4.39 Å². The number of ether oxygens (including phenoxy) is 1. The quantitative estimate of drug-likeness (QED) is 0.826. The first kappa shape index (κ1) is 15.9. The minimum absolute atomic E-state index is 0.147. The van der Waals surface area contributed by atoms with E-state index in [2.05, 4.69) is 25.7 Å². The molecule has 0 spiro atoms. The van der Waals surface area contributed by atoms with Crippen molar-refractivity contribution in [3.8, 4) is 5.75 Å². The Bertz CT molecular complexity index is 407. The lowest BCUT2D eigenvalue weighted by Gasteiger charge is -2.37. The van der Waals surface area contributed by atoms with Gasteiger partial charge in [-0.3, -0.25) is 4.90 Å². The molecule has 0 atom stereocenters. The van der Waals surface area contributed by atoms with Crippen LogP contribution in [-0.2, 0) is 6.54 Å². The fourth-order valence-electron chi connectivity index (χ4n) is 2.04. The van der Waals surface area contributed by atoms with E-state index in [4.69, 9.17) is 10.5 Å². The molecule has 2 N–H and O–H groups in total. The molecule has 0 aliphatic carbocycles. The van der Waals surface area contributed by atoms with Crippen LogP contribution in [0.2, 0.25) is 0 Å². The number of halogens is 1. The third-order valence-electron chi connectivity index (χ3n) is 3.47. The van der Waals surface area contributed by atoms with Gasteiger partial charge in [-0.05, 0) is 32.9 Å². The SMILES string of the molecule is CCCN(Cc1cccc(OC)c1F)C(C)(C)CN. The maximum Gasteiger partial charge on any atom is 0.169 e. The van der Waals surface area contributed by atoms with Gasteiger partial charge in [-0.15, -0.1) is 0 Å². The van der Waals surface area contributed by atoms with Crippen molar-refractivity contribution in [2.45, 2.75) is 39.3 Å². The van der Waals surface area contributed by atoms with E-state index in [1.165, 1.54) is 7.11 Å². The Morgan fingerprint density at radius 2 is 2.05 bits per heavy atom. The zero-order valence-electron chi connectivity index (χ0n) is 12.4. The number of hydrogen-bond donors (Lipinski definition) is 1. The molecule has 0 bridgehead atoms. The van der Waals surface area contributed by atoms with Crippen molar-refractivity contribution >= 4 is 0 Å². The Hall–Kier alpha value is -1.13. The molecule has 1 aromatic rings. The number of methoxy groups -OCH3 is 1. The van der Waals surface area contributed by atoms with Crippen LogP contribution in [-0.4, -0.2) is 30.6 Å². The largest absolute Gasteiger partial charge is 0.494 e. The Labute approximate surface area is 115 Å². The molecule has 0 radical (unpaired) electrons. The Morgan fingerprint density at radius 1 is 1.37 bits per heavy atom. The first-order valence-electron chi connectivity index (χ1n) is 6.72. The van der Waals surface area contributed by atoms with Gasteiger partial charge < -0.3 is 10.5 Å². The van der Waals surface area contributed by atoms with Crippen LogP contribution in [0.1, 0.15) is 32.8 Å². The average molecular weight is 268 g/mol. The van der Waals surface area contributed by atoms with Crippen molar-refractivity contribution in [1.29, 1.82) is 0 Å². The molecule has 4 heteroatoms. The molecule has 1 aromatic carbocycles. The van der Waals surface area contributed by atoms with Gasteiger partial charge in [0.25, 0.3) is 0 Å². The van der Waals surface area contributed by atoms with E-state index in [0.717, 1.165) is 13.0 Å². The molecule has 0 saturated heterocycles. The van der Waals surface area contributed by atoms with Gasteiger partial charge >= 0.3 is 0 Å². The molecule has 0 fully saturated rings. The highest BCUT2D eigenvalue weighted by Crippen LogP contribution is 2.24. The summed E-state index contributed by atoms with van der Waals surface area (Å²) in [6.45, 7) is 8.25. The molecule has 0 saturated carbocycles. The fraction of sp³-hybridized carbons (Fsp3) is 0.600. The van der Waals surface area contributed by atoms with Crippen LogP contribution in [0, 0.1) is 5.82 Å². The molecule has 0 heterocycles. The molecule has 108 valence electrons. The monoisotopic (exact) mass is 268 g/mol. The summed E-state index contributed by atoms with van der Waals surface area (Å²) in [5.74, 6) is 0.0124. The van der Waals surface area contributed by atoms with Gasteiger partial charge in [0.15, 0.2) is 11.6 Å². The highest BCUT2D eigenvalue weighted by Gasteiger charge is 2.25. The second-order valence-electron chi connectivity index (χ2n) is 5.37. The van der Waals surface area contributed by atoms with Gasteiger partial charge in [0.1, 0.15) is 0 Å². The van der Waals surface area contributed by atoms with E-state index in [1.54, 1.807) is 12.1 Å². The summed E-state index contributed by atoms with van der Waals surface area (Å²) in [6, 6.07) is 5.25. The lowest BCUT2D eigenvalue weighted by atomic mass is 10.0. The lowest BCUT2D eigenvalue weighted by Crippen LogP contribution is -2.49. The van der Waals surface area contributed by atoms with E-state index < -0.39 is 0 Å². The van der Waals surface area contributed by atoms with E-state index in [1.807, 2.05) is 6.07 Å². The zero-order chi connectivity index (χ0) is 14.5. The molecule has 0 amide bonds. The Balaban J connectivity index is 2.97. The van der Waals surface area contributed by atoms with Crippen molar-refractivity contribution in [2.24, 2.45) is 5.73 Å². The normalized spacial score (nSPS) is 11.9. The molecule has 19 heavy (non-hydrogen) atoms. The highest BCUT2D eigenvalue weighted by atomic mass is 19.1. The smallest absolute Gasteiger partial charge is 0.169 e. The third kappa shape index (κ3) is 3.91. The molecule has 0 aliphatic rings. The first-order valence-corrected chi connectivity index (χ1v) is 6.72. The maximum atomic E-state index is 14.2. The molecular weight excluding hydrogens is 243 g/mol. The van der Waals surface area contributed by atoms with E-state index in [-0.39, 0.29) is 11.4 Å². The van der Waals surface area contributed by atoms with Crippen molar-refractivity contribution in [3.63, 3.8) is 0 Å². The van der Waals surface area contributed by atoms with Gasteiger partial charge in [-0.1, -0.05) is 19.1 Å². The van der Waals surface area contributed by atoms with Crippen LogP contribution in [0.15, 0.2) is 18.2 Å². The summed E-state index contributed by atoms with van der Waals surface area (Å²) in [5.41, 5.74) is 6.33. The van der Waals surface area contributed by atoms with Crippen LogP contribution < -0.4 is 10.5 Å². The molecule has 0 aromatic heterocycles. The summed E-state index contributed by atoms with van der Waals surface area (Å²) in [7, 11) is 1.48. The second-order valence-corrected chi connectivity index (χ2v) is 5.37. The first-order chi connectivity index (χ1) is 8.96. The molecule has 3 nitrogen and oxygen atoms in total. The van der Waals surface area contributed by atoms with Gasteiger partial charge in [0.2, 0.25) is 0 Å². The Morgan fingerprint density at radius 3 is 2.58 bits per heavy atom. The number of hydrogen-bond acceptors (Lipinski definition) is 3. The molecular formula is C15H25FN2O. The van der Waals surface area contributed by atoms with Crippen LogP contribution >= 0.6 is 0 Å². The standard InChI is InChI=1S/C15H25FN2O/c1-5-9-18(15(2,3)11-17)10-12-7-6-8-13(19-4)14(12)16/h6-8H,5,9-11,17H2,1-4H3. The summed E-state index contributed by atoms with van der Waals surface area (Å²) < 4.78 is 19.2. The maximum absolute atomic E-state index is 14.2. The van der Waals surface area contributed by atoms with E-state index in [0.29, 0.717) is 24.4 Å². The molecule has 1 rings (SSSR count). The van der Waals surface area contributed by atoms with Crippen molar-refractivity contribution in [1.82, 2.24) is 4.90 Å². The van der Waals surface area contributed by atoms with Crippen molar-refractivity contribution in [3.05, 3.63) is 29.6 Å². The second kappa shape index (κ2) is 6.87. The Kier molecular flexibility index (Phi) is 5.76. The van der Waals surface area contributed by atoms with Crippen molar-refractivity contribution in [2.75, 3.05) is 20.2 Å². The van der Waals surface area contributed by atoms with Gasteiger partial charge in [0.05, 0.1) is 7.11 Å². The minimum atomic E-state index is -0.279. The average Bonchev–Trinajstić information content (AvgIpc) is 2.40. The van der Waals surface area contributed by atoms with Gasteiger partial charge in [-0.25, -0.2) is 4.39 Å². The number of nitrogens with zero attached hydrogens (tertiary/aromatic N) is 1. The van der Waals surface area contributed by atoms with Crippen molar-refractivity contribution < 1.29 is 9.13 Å². The summed E-state index contributed by atoms with van der Waals surface area (Å²) in [5, 5.41) is 0. The number of nitrogens with two attached hydrogens (primary N) is 1. The van der Waals surface area contributed by atoms with Gasteiger partial charge in [0, 0.05) is 24.2 Å². The summed E-state index contributed by atoms with van der Waals surface area (Å²) >= 11 is 0. The van der Waals surface area contributed by atoms with Crippen LogP contribution in [0.3, 0.4) is 0 Å². The van der Waals surface area contributed by atoms with E-state index >= 15 is 0 Å². The predicted molar refractivity (Wildman–Crippen MR) is 76.8 cm³/mol.